The second-order valence-corrected chi connectivity index (χ2v) is 4.59. The highest BCUT2D eigenvalue weighted by Gasteiger charge is 2.21. The number of benzene rings is 1. The first kappa shape index (κ1) is 18.6. The first-order valence-electron chi connectivity index (χ1n) is 5.44. The topological polar surface area (TPSA) is 116 Å². The Labute approximate surface area is 129 Å². The maximum Gasteiger partial charge on any atom is 0.307 e. The van der Waals surface area contributed by atoms with E-state index in [0.29, 0.717) is 0 Å². The molecule has 112 valence electrons. The van der Waals surface area contributed by atoms with Crippen LogP contribution < -0.4 is 5.73 Å². The van der Waals surface area contributed by atoms with Crippen molar-refractivity contribution in [3.63, 3.8) is 0 Å². The number of non-ortho nitro benzene ring substituents is 1. The second-order valence-electron chi connectivity index (χ2n) is 3.74. The minimum atomic E-state index is -0.879. The summed E-state index contributed by atoms with van der Waals surface area (Å²) in [7, 11) is 0. The fraction of sp³-hybridized carbons (Fsp3) is 0.364. The zero-order valence-electron chi connectivity index (χ0n) is 10.5. The van der Waals surface area contributed by atoms with Crippen molar-refractivity contribution in [1.82, 2.24) is 0 Å². The van der Waals surface area contributed by atoms with Gasteiger partial charge in [0.25, 0.3) is 5.69 Å². The first-order valence-corrected chi connectivity index (χ1v) is 6.24. The molecule has 1 aromatic rings. The molecule has 1 aromatic carbocycles. The highest BCUT2D eigenvalue weighted by atomic mass is 79.9. The number of nitrogens with two attached hydrogens (primary N) is 1. The average Bonchev–Trinajstić information content (AvgIpc) is 2.32. The van der Waals surface area contributed by atoms with E-state index in [9.17, 15) is 20.0 Å². The summed E-state index contributed by atoms with van der Waals surface area (Å²) in [5, 5.41) is 20.6. The molecule has 0 aliphatic carbocycles. The number of halogens is 2. The van der Waals surface area contributed by atoms with E-state index < -0.39 is 16.9 Å². The maximum absolute atomic E-state index is 11.3. The van der Waals surface area contributed by atoms with Gasteiger partial charge in [-0.15, -0.1) is 12.4 Å². The van der Waals surface area contributed by atoms with Gasteiger partial charge < -0.3 is 15.6 Å². The van der Waals surface area contributed by atoms with Crippen molar-refractivity contribution in [2.75, 3.05) is 6.61 Å². The number of nitrogens with zero attached hydrogens (tertiary/aromatic N) is 1. The van der Waals surface area contributed by atoms with Crippen LogP contribution in [0.1, 0.15) is 24.9 Å². The average molecular weight is 370 g/mol. The Bertz CT molecular complexity index is 512. The van der Waals surface area contributed by atoms with Crippen molar-refractivity contribution in [2.45, 2.75) is 19.4 Å². The molecule has 20 heavy (non-hydrogen) atoms. The summed E-state index contributed by atoms with van der Waals surface area (Å²) in [4.78, 5) is 21.4. The molecule has 1 atom stereocenters. The van der Waals surface area contributed by atoms with Gasteiger partial charge in [0.05, 0.1) is 22.4 Å². The summed E-state index contributed by atoms with van der Waals surface area (Å²) < 4.78 is 4.88. The van der Waals surface area contributed by atoms with E-state index in [1.54, 1.807) is 6.92 Å². The molecule has 0 aliphatic rings. The van der Waals surface area contributed by atoms with Gasteiger partial charge in [-0.05, 0) is 22.9 Å². The molecule has 7 nitrogen and oxygen atoms in total. The summed E-state index contributed by atoms with van der Waals surface area (Å²) in [6.45, 7) is 1.88. The number of rotatable bonds is 5. The van der Waals surface area contributed by atoms with Gasteiger partial charge >= 0.3 is 5.97 Å². The number of hydrogen-bond acceptors (Lipinski definition) is 6. The van der Waals surface area contributed by atoms with Gasteiger partial charge in [0.1, 0.15) is 5.75 Å². The molecule has 0 saturated heterocycles. The molecule has 0 spiro atoms. The first-order chi connectivity index (χ1) is 8.86. The van der Waals surface area contributed by atoms with Crippen molar-refractivity contribution in [3.05, 3.63) is 32.3 Å². The van der Waals surface area contributed by atoms with Crippen LogP contribution >= 0.6 is 28.3 Å². The largest absolute Gasteiger partial charge is 0.506 e. The second kappa shape index (κ2) is 8.03. The van der Waals surface area contributed by atoms with Crippen molar-refractivity contribution in [1.29, 1.82) is 0 Å². The molecule has 3 N–H and O–H groups in total. The number of ether oxygens (including phenoxy) is 1. The van der Waals surface area contributed by atoms with Gasteiger partial charge in [-0.1, -0.05) is 0 Å². The summed E-state index contributed by atoms with van der Waals surface area (Å²) in [5.41, 5.74) is 5.66. The molecular weight excluding hydrogens is 355 g/mol. The van der Waals surface area contributed by atoms with Gasteiger partial charge in [-0.25, -0.2) is 0 Å². The predicted octanol–water partition coefficient (Wildman–Crippen LogP) is 2.44. The number of phenols is 1. The van der Waals surface area contributed by atoms with E-state index in [2.05, 4.69) is 15.9 Å². The quantitative estimate of drug-likeness (QED) is 0.468. The molecule has 0 amide bonds. The predicted molar refractivity (Wildman–Crippen MR) is 77.9 cm³/mol. The molecule has 1 rings (SSSR count). The van der Waals surface area contributed by atoms with Crippen LogP contribution in [0.4, 0.5) is 5.69 Å². The lowest BCUT2D eigenvalue weighted by Crippen LogP contribution is -2.17. The standard InChI is InChI=1S/C11H13BrN2O5.ClH/c1-2-19-10(15)5-9(13)7-3-6(14(17)18)4-8(12)11(7)16;/h3-4,9,16H,2,5,13H2,1H3;1H/t9-;/m1./s1. The smallest absolute Gasteiger partial charge is 0.307 e. The normalized spacial score (nSPS) is 11.3. The number of carbonyl (C=O) groups excluding carboxylic acids is 1. The number of hydrogen-bond donors (Lipinski definition) is 2. The Hall–Kier alpha value is -1.38. The minimum absolute atomic E-state index is 0. The summed E-state index contributed by atoms with van der Waals surface area (Å²) in [6.07, 6.45) is -0.172. The number of nitro benzene ring substituents is 1. The third-order valence-corrected chi connectivity index (χ3v) is 2.98. The maximum atomic E-state index is 11.3. The lowest BCUT2D eigenvalue weighted by molar-refractivity contribution is -0.385. The van der Waals surface area contributed by atoms with Gasteiger partial charge in [0.15, 0.2) is 0 Å². The van der Waals surface area contributed by atoms with Crippen LogP contribution in [-0.2, 0) is 9.53 Å². The van der Waals surface area contributed by atoms with E-state index in [4.69, 9.17) is 10.5 Å². The number of carbonyl (C=O) groups is 1. The number of nitro groups is 1. The summed E-state index contributed by atoms with van der Waals surface area (Å²) >= 11 is 3.00. The Morgan fingerprint density at radius 1 is 1.60 bits per heavy atom. The molecule has 0 radical (unpaired) electrons. The SMILES string of the molecule is CCOC(=O)C[C@@H](N)c1cc([N+](=O)[O-])cc(Br)c1O.Cl. The third kappa shape index (κ3) is 4.62. The minimum Gasteiger partial charge on any atom is -0.506 e. The van der Waals surface area contributed by atoms with Crippen LogP contribution in [0.15, 0.2) is 16.6 Å². The summed E-state index contributed by atoms with van der Waals surface area (Å²) in [5.74, 6) is -0.751. The van der Waals surface area contributed by atoms with Crippen LogP contribution in [0, 0.1) is 10.1 Å². The van der Waals surface area contributed by atoms with E-state index in [0.717, 1.165) is 12.1 Å². The van der Waals surface area contributed by atoms with Crippen LogP contribution in [0.3, 0.4) is 0 Å². The third-order valence-electron chi connectivity index (χ3n) is 2.38. The Morgan fingerprint density at radius 3 is 2.70 bits per heavy atom. The van der Waals surface area contributed by atoms with Crippen LogP contribution in [-0.4, -0.2) is 22.6 Å². The van der Waals surface area contributed by atoms with Crippen molar-refractivity contribution in [2.24, 2.45) is 5.73 Å². The highest BCUT2D eigenvalue weighted by molar-refractivity contribution is 9.10. The monoisotopic (exact) mass is 368 g/mol. The Kier molecular flexibility index (Phi) is 7.48. The lowest BCUT2D eigenvalue weighted by Gasteiger charge is -2.13. The fourth-order valence-corrected chi connectivity index (χ4v) is 1.97. The Balaban J connectivity index is 0.00000361. The van der Waals surface area contributed by atoms with Gasteiger partial charge in [0.2, 0.25) is 0 Å². The van der Waals surface area contributed by atoms with E-state index in [1.807, 2.05) is 0 Å². The molecule has 0 fully saturated rings. The number of aromatic hydroxyl groups is 1. The molecule has 0 unspecified atom stereocenters. The molecule has 0 bridgehead atoms. The lowest BCUT2D eigenvalue weighted by atomic mass is 10.0. The van der Waals surface area contributed by atoms with Crippen LogP contribution in [0.25, 0.3) is 0 Å². The number of esters is 1. The van der Waals surface area contributed by atoms with Crippen LogP contribution in [0.5, 0.6) is 5.75 Å². The molecular formula is C11H14BrClN2O5. The van der Waals surface area contributed by atoms with Crippen molar-refractivity contribution >= 4 is 40.0 Å². The van der Waals surface area contributed by atoms with Crippen molar-refractivity contribution in [3.8, 4) is 5.75 Å². The molecule has 0 heterocycles. The van der Waals surface area contributed by atoms with Gasteiger partial charge in [-0.2, -0.15) is 0 Å². The van der Waals surface area contributed by atoms with Gasteiger partial charge in [-0.3, -0.25) is 14.9 Å². The van der Waals surface area contributed by atoms with E-state index >= 15 is 0 Å². The fourth-order valence-electron chi connectivity index (χ4n) is 1.50. The number of phenolic OH excluding ortho intramolecular Hbond substituents is 1. The summed E-state index contributed by atoms with van der Waals surface area (Å²) in [6, 6.07) is 1.43. The highest BCUT2D eigenvalue weighted by Crippen LogP contribution is 2.36. The molecule has 9 heteroatoms. The van der Waals surface area contributed by atoms with E-state index in [1.165, 1.54) is 0 Å². The zero-order chi connectivity index (χ0) is 14.6. The van der Waals surface area contributed by atoms with Crippen LogP contribution in [0.2, 0.25) is 0 Å². The zero-order valence-corrected chi connectivity index (χ0v) is 12.9. The van der Waals surface area contributed by atoms with E-state index in [-0.39, 0.29) is 46.9 Å². The van der Waals surface area contributed by atoms with Crippen molar-refractivity contribution < 1.29 is 19.6 Å². The molecule has 0 aliphatic heterocycles. The molecule has 0 aromatic heterocycles. The Morgan fingerprint density at radius 2 is 2.20 bits per heavy atom. The van der Waals surface area contributed by atoms with Gasteiger partial charge in [0, 0.05) is 23.7 Å². The molecule has 0 saturated carbocycles.